The van der Waals surface area contributed by atoms with Gasteiger partial charge in [0, 0.05) is 46.0 Å². The van der Waals surface area contributed by atoms with Crippen molar-refractivity contribution in [3.63, 3.8) is 0 Å². The van der Waals surface area contributed by atoms with Crippen LogP contribution in [0.25, 0.3) is 0 Å². The highest BCUT2D eigenvalue weighted by Crippen LogP contribution is 2.13. The molecular weight excluding hydrogens is 270 g/mol. The molecule has 118 valence electrons. The van der Waals surface area contributed by atoms with E-state index in [2.05, 4.69) is 32.2 Å². The summed E-state index contributed by atoms with van der Waals surface area (Å²) in [4.78, 5) is 4.65. The lowest BCUT2D eigenvalue weighted by Crippen LogP contribution is -2.53. The minimum absolute atomic E-state index is 0.0404. The molecule has 0 radical (unpaired) electrons. The Morgan fingerprint density at radius 2 is 2.14 bits per heavy atom. The minimum atomic E-state index is 0.0404. The van der Waals surface area contributed by atoms with E-state index in [1.54, 1.807) is 4.68 Å². The van der Waals surface area contributed by atoms with E-state index >= 15 is 0 Å². The van der Waals surface area contributed by atoms with E-state index in [1.807, 2.05) is 13.2 Å². The summed E-state index contributed by atoms with van der Waals surface area (Å²) in [6.45, 7) is 6.68. The van der Waals surface area contributed by atoms with Crippen molar-refractivity contribution >= 4 is 5.84 Å². The van der Waals surface area contributed by atoms with Crippen molar-refractivity contribution in [1.82, 2.24) is 24.8 Å². The Kier molecular flexibility index (Phi) is 5.51. The predicted octanol–water partition coefficient (Wildman–Crippen LogP) is -0.152. The molecule has 1 atom stereocenters. The number of piperazine rings is 1. The van der Waals surface area contributed by atoms with Crippen molar-refractivity contribution in [2.45, 2.75) is 32.4 Å². The number of aromatic nitrogens is 3. The quantitative estimate of drug-likeness (QED) is 0.328. The van der Waals surface area contributed by atoms with Crippen LogP contribution in [0.5, 0.6) is 0 Å². The maximum absolute atomic E-state index is 8.92. The standard InChI is InChI=1S/C13H25N7O/c1-3-4-12(13(14)16-21)20-7-5-19(6-8-20)10-11-9-18(2)17-15-11/h9,12,21H,3-8,10H2,1-2H3,(H2,14,16). The number of amidine groups is 1. The zero-order valence-electron chi connectivity index (χ0n) is 12.8. The van der Waals surface area contributed by atoms with Gasteiger partial charge < -0.3 is 10.9 Å². The molecule has 0 bridgehead atoms. The first-order valence-corrected chi connectivity index (χ1v) is 7.43. The summed E-state index contributed by atoms with van der Waals surface area (Å²) in [5.41, 5.74) is 6.81. The van der Waals surface area contributed by atoms with E-state index in [4.69, 9.17) is 10.9 Å². The number of oxime groups is 1. The fourth-order valence-electron chi connectivity index (χ4n) is 2.79. The molecule has 8 heteroatoms. The Labute approximate surface area is 125 Å². The summed E-state index contributed by atoms with van der Waals surface area (Å²) in [6.07, 6.45) is 3.88. The van der Waals surface area contributed by atoms with Crippen LogP contribution in [0.1, 0.15) is 25.5 Å². The van der Waals surface area contributed by atoms with Gasteiger partial charge in [-0.25, -0.2) is 0 Å². The topological polar surface area (TPSA) is 95.8 Å². The predicted molar refractivity (Wildman–Crippen MR) is 80.0 cm³/mol. The third-order valence-corrected chi connectivity index (χ3v) is 3.90. The van der Waals surface area contributed by atoms with E-state index in [-0.39, 0.29) is 6.04 Å². The van der Waals surface area contributed by atoms with E-state index < -0.39 is 0 Å². The molecule has 2 rings (SSSR count). The molecule has 0 aromatic carbocycles. The molecule has 1 saturated heterocycles. The average molecular weight is 295 g/mol. The summed E-state index contributed by atoms with van der Waals surface area (Å²) in [6, 6.07) is 0.0404. The van der Waals surface area contributed by atoms with Crippen LogP contribution in [0.2, 0.25) is 0 Å². The zero-order valence-corrected chi connectivity index (χ0v) is 12.8. The van der Waals surface area contributed by atoms with Crippen molar-refractivity contribution < 1.29 is 5.21 Å². The fraction of sp³-hybridized carbons (Fsp3) is 0.769. The number of nitrogens with two attached hydrogens (primary N) is 1. The molecule has 2 heterocycles. The second-order valence-electron chi connectivity index (χ2n) is 5.53. The van der Waals surface area contributed by atoms with Crippen molar-refractivity contribution in [1.29, 1.82) is 0 Å². The third-order valence-electron chi connectivity index (χ3n) is 3.90. The number of aryl methyl sites for hydroxylation is 1. The Balaban J connectivity index is 1.86. The van der Waals surface area contributed by atoms with Crippen LogP contribution in [0.3, 0.4) is 0 Å². The van der Waals surface area contributed by atoms with Crippen molar-refractivity contribution in [3.05, 3.63) is 11.9 Å². The summed E-state index contributed by atoms with van der Waals surface area (Å²) >= 11 is 0. The maximum Gasteiger partial charge on any atom is 0.156 e. The highest BCUT2D eigenvalue weighted by atomic mass is 16.4. The third kappa shape index (κ3) is 4.15. The first kappa shape index (κ1) is 15.7. The van der Waals surface area contributed by atoms with Gasteiger partial charge in [-0.3, -0.25) is 14.5 Å². The van der Waals surface area contributed by atoms with E-state index in [9.17, 15) is 0 Å². The highest BCUT2D eigenvalue weighted by molar-refractivity contribution is 5.85. The van der Waals surface area contributed by atoms with E-state index in [1.165, 1.54) is 0 Å². The number of nitrogens with zero attached hydrogens (tertiary/aromatic N) is 6. The second kappa shape index (κ2) is 7.37. The molecule has 0 amide bonds. The Morgan fingerprint density at radius 1 is 1.43 bits per heavy atom. The van der Waals surface area contributed by atoms with Gasteiger partial charge in [-0.05, 0) is 6.42 Å². The molecule has 3 N–H and O–H groups in total. The Hall–Kier alpha value is -1.67. The van der Waals surface area contributed by atoms with Crippen LogP contribution in [0.4, 0.5) is 0 Å². The summed E-state index contributed by atoms with van der Waals surface area (Å²) in [5.74, 6) is 0.319. The summed E-state index contributed by atoms with van der Waals surface area (Å²) in [5, 5.41) is 20.2. The maximum atomic E-state index is 8.92. The largest absolute Gasteiger partial charge is 0.409 e. The summed E-state index contributed by atoms with van der Waals surface area (Å²) in [7, 11) is 1.88. The number of hydrogen-bond donors (Lipinski definition) is 2. The first-order chi connectivity index (χ1) is 10.1. The molecule has 1 aromatic rings. The molecule has 1 aliphatic rings. The number of hydrogen-bond acceptors (Lipinski definition) is 6. The van der Waals surface area contributed by atoms with Crippen molar-refractivity contribution in [2.24, 2.45) is 17.9 Å². The van der Waals surface area contributed by atoms with E-state index in [0.29, 0.717) is 5.84 Å². The molecule has 8 nitrogen and oxygen atoms in total. The molecule has 0 spiro atoms. The fourth-order valence-corrected chi connectivity index (χ4v) is 2.79. The average Bonchev–Trinajstić information content (AvgIpc) is 2.90. The lowest BCUT2D eigenvalue weighted by Gasteiger charge is -2.38. The van der Waals surface area contributed by atoms with Crippen LogP contribution in [-0.2, 0) is 13.6 Å². The Bertz CT molecular complexity index is 465. The first-order valence-electron chi connectivity index (χ1n) is 7.43. The van der Waals surface area contributed by atoms with Crippen molar-refractivity contribution in [2.75, 3.05) is 26.2 Å². The van der Waals surface area contributed by atoms with Gasteiger partial charge in [-0.1, -0.05) is 23.7 Å². The van der Waals surface area contributed by atoms with Gasteiger partial charge >= 0.3 is 0 Å². The molecule has 0 saturated carbocycles. The molecule has 21 heavy (non-hydrogen) atoms. The van der Waals surface area contributed by atoms with E-state index in [0.717, 1.165) is 51.3 Å². The highest BCUT2D eigenvalue weighted by Gasteiger charge is 2.26. The van der Waals surface area contributed by atoms with Crippen LogP contribution < -0.4 is 5.73 Å². The van der Waals surface area contributed by atoms with Gasteiger partial charge in [0.2, 0.25) is 0 Å². The van der Waals surface area contributed by atoms with Gasteiger partial charge in [0.15, 0.2) is 5.84 Å². The van der Waals surface area contributed by atoms with Crippen LogP contribution in [0, 0.1) is 0 Å². The zero-order chi connectivity index (χ0) is 15.2. The lowest BCUT2D eigenvalue weighted by atomic mass is 10.1. The van der Waals surface area contributed by atoms with Gasteiger partial charge in [0.25, 0.3) is 0 Å². The number of rotatable bonds is 6. The molecule has 1 unspecified atom stereocenters. The van der Waals surface area contributed by atoms with Gasteiger partial charge in [-0.2, -0.15) is 0 Å². The monoisotopic (exact) mass is 295 g/mol. The second-order valence-corrected chi connectivity index (χ2v) is 5.53. The van der Waals surface area contributed by atoms with Gasteiger partial charge in [0.1, 0.15) is 0 Å². The van der Waals surface area contributed by atoms with Crippen molar-refractivity contribution in [3.8, 4) is 0 Å². The van der Waals surface area contributed by atoms with Crippen LogP contribution in [0.15, 0.2) is 11.4 Å². The van der Waals surface area contributed by atoms with Gasteiger partial charge in [-0.15, -0.1) is 5.10 Å². The minimum Gasteiger partial charge on any atom is -0.409 e. The SMILES string of the molecule is CCCC(C(N)=NO)N1CCN(Cc2cn(C)nn2)CC1. The molecular formula is C13H25N7O. The van der Waals surface area contributed by atoms with Crippen LogP contribution in [-0.4, -0.2) is 68.1 Å². The lowest BCUT2D eigenvalue weighted by molar-refractivity contribution is 0.107. The molecule has 1 aromatic heterocycles. The molecule has 1 aliphatic heterocycles. The normalized spacial score (nSPS) is 19.8. The van der Waals surface area contributed by atoms with Crippen LogP contribution >= 0.6 is 0 Å². The van der Waals surface area contributed by atoms with Gasteiger partial charge in [0.05, 0.1) is 11.7 Å². The smallest absolute Gasteiger partial charge is 0.156 e. The molecule has 0 aliphatic carbocycles. The Morgan fingerprint density at radius 3 is 2.67 bits per heavy atom. The molecule has 1 fully saturated rings. The summed E-state index contributed by atoms with van der Waals surface area (Å²) < 4.78 is 1.72.